The summed E-state index contributed by atoms with van der Waals surface area (Å²) in [5.41, 5.74) is 2.02. The molecule has 126 valence electrons. The zero-order valence-corrected chi connectivity index (χ0v) is 13.7. The van der Waals surface area contributed by atoms with E-state index in [4.69, 9.17) is 18.9 Å². The molecule has 2 aromatic rings. The van der Waals surface area contributed by atoms with E-state index in [2.05, 4.69) is 0 Å². The summed E-state index contributed by atoms with van der Waals surface area (Å²) in [5.74, 6) is 1.05. The highest BCUT2D eigenvalue weighted by Crippen LogP contribution is 2.41. The lowest BCUT2D eigenvalue weighted by Crippen LogP contribution is -2.03. The number of hydrogen-bond acceptors (Lipinski definition) is 6. The quantitative estimate of drug-likeness (QED) is 0.850. The molecule has 1 aliphatic rings. The minimum Gasteiger partial charge on any atom is -0.504 e. The lowest BCUT2D eigenvalue weighted by Gasteiger charge is -2.13. The van der Waals surface area contributed by atoms with Gasteiger partial charge in [-0.15, -0.1) is 0 Å². The molecule has 0 amide bonds. The lowest BCUT2D eigenvalue weighted by atomic mass is 9.98. The third-order valence-corrected chi connectivity index (χ3v) is 4.03. The first-order valence-corrected chi connectivity index (χ1v) is 7.40. The van der Waals surface area contributed by atoms with Gasteiger partial charge in [-0.25, -0.2) is 4.79 Å². The molecule has 1 atom stereocenters. The zero-order valence-electron chi connectivity index (χ0n) is 13.7. The number of aromatic hydroxyl groups is 1. The van der Waals surface area contributed by atoms with Crippen molar-refractivity contribution in [1.29, 1.82) is 0 Å². The molecule has 0 saturated heterocycles. The summed E-state index contributed by atoms with van der Waals surface area (Å²) in [6, 6.07) is 8.48. The van der Waals surface area contributed by atoms with Crippen LogP contribution in [-0.2, 0) is 11.2 Å². The molecule has 0 bridgehead atoms. The SMILES string of the molecule is COc1cc(OC)c2c(c1)C(Cc1ccc(O)c(OC)c1)OC2=O. The second-order valence-electron chi connectivity index (χ2n) is 5.40. The third kappa shape index (κ3) is 2.71. The number of rotatable bonds is 5. The highest BCUT2D eigenvalue weighted by Gasteiger charge is 2.35. The molecule has 0 aromatic heterocycles. The van der Waals surface area contributed by atoms with Crippen LogP contribution in [0.3, 0.4) is 0 Å². The Kier molecular flexibility index (Phi) is 4.20. The van der Waals surface area contributed by atoms with Crippen molar-refractivity contribution in [2.75, 3.05) is 21.3 Å². The van der Waals surface area contributed by atoms with Gasteiger partial charge >= 0.3 is 5.97 Å². The number of carbonyl (C=O) groups is 1. The number of carbonyl (C=O) groups excluding carboxylic acids is 1. The Balaban J connectivity index is 1.97. The van der Waals surface area contributed by atoms with E-state index >= 15 is 0 Å². The van der Waals surface area contributed by atoms with Crippen LogP contribution in [0.1, 0.15) is 27.6 Å². The maximum absolute atomic E-state index is 12.2. The average molecular weight is 330 g/mol. The van der Waals surface area contributed by atoms with Crippen LogP contribution in [0.5, 0.6) is 23.0 Å². The summed E-state index contributed by atoms with van der Waals surface area (Å²) in [7, 11) is 4.54. The molecule has 2 aromatic carbocycles. The number of methoxy groups -OCH3 is 3. The second-order valence-corrected chi connectivity index (χ2v) is 5.40. The maximum atomic E-state index is 12.2. The molecule has 0 radical (unpaired) electrons. The van der Waals surface area contributed by atoms with Crippen molar-refractivity contribution < 1.29 is 28.8 Å². The molecule has 1 aliphatic heterocycles. The number of fused-ring (bicyclic) bond motifs is 1. The number of ether oxygens (including phenoxy) is 4. The Hall–Kier alpha value is -2.89. The molecule has 1 heterocycles. The summed E-state index contributed by atoms with van der Waals surface area (Å²) in [6.07, 6.45) is -0.00291. The van der Waals surface area contributed by atoms with Crippen molar-refractivity contribution in [2.45, 2.75) is 12.5 Å². The number of benzene rings is 2. The normalized spacial score (nSPS) is 15.6. The van der Waals surface area contributed by atoms with Crippen molar-refractivity contribution in [3.63, 3.8) is 0 Å². The van der Waals surface area contributed by atoms with Gasteiger partial charge in [0, 0.05) is 18.1 Å². The van der Waals surface area contributed by atoms with Gasteiger partial charge < -0.3 is 24.1 Å². The van der Waals surface area contributed by atoms with Crippen molar-refractivity contribution in [3.8, 4) is 23.0 Å². The standard InChI is InChI=1S/C18H18O6/c1-21-11-8-12-14(24-18(20)17(12)16(9-11)23-3)6-10-4-5-13(19)15(7-10)22-2/h4-5,7-9,14,19H,6H2,1-3H3. The summed E-state index contributed by atoms with van der Waals surface area (Å²) in [4.78, 5) is 12.2. The third-order valence-electron chi connectivity index (χ3n) is 4.03. The van der Waals surface area contributed by atoms with E-state index in [1.165, 1.54) is 14.2 Å². The van der Waals surface area contributed by atoms with Gasteiger partial charge in [0.1, 0.15) is 23.2 Å². The van der Waals surface area contributed by atoms with Gasteiger partial charge in [-0.05, 0) is 23.8 Å². The van der Waals surface area contributed by atoms with Crippen LogP contribution in [0.25, 0.3) is 0 Å². The average Bonchev–Trinajstić information content (AvgIpc) is 2.91. The Labute approximate surface area is 139 Å². The molecular formula is C18H18O6. The van der Waals surface area contributed by atoms with Gasteiger partial charge in [-0.3, -0.25) is 0 Å². The van der Waals surface area contributed by atoms with Crippen LogP contribution in [0.4, 0.5) is 0 Å². The number of esters is 1. The van der Waals surface area contributed by atoms with Gasteiger partial charge in [-0.1, -0.05) is 6.07 Å². The van der Waals surface area contributed by atoms with Gasteiger partial charge in [-0.2, -0.15) is 0 Å². The summed E-state index contributed by atoms with van der Waals surface area (Å²) in [6.45, 7) is 0. The first kappa shape index (κ1) is 16.0. The summed E-state index contributed by atoms with van der Waals surface area (Å²) >= 11 is 0. The minimum absolute atomic E-state index is 0.0633. The van der Waals surface area contributed by atoms with Crippen molar-refractivity contribution in [2.24, 2.45) is 0 Å². The molecule has 0 spiro atoms. The molecule has 1 N–H and O–H groups in total. The van der Waals surface area contributed by atoms with Crippen LogP contribution in [0.15, 0.2) is 30.3 Å². The Morgan fingerprint density at radius 3 is 2.46 bits per heavy atom. The van der Waals surface area contributed by atoms with Gasteiger partial charge in [0.15, 0.2) is 11.5 Å². The van der Waals surface area contributed by atoms with Crippen LogP contribution in [0.2, 0.25) is 0 Å². The summed E-state index contributed by atoms with van der Waals surface area (Å²) in [5, 5.41) is 9.69. The fourth-order valence-corrected chi connectivity index (χ4v) is 2.83. The molecular weight excluding hydrogens is 312 g/mol. The lowest BCUT2D eigenvalue weighted by molar-refractivity contribution is 0.0385. The first-order valence-electron chi connectivity index (χ1n) is 7.40. The van der Waals surface area contributed by atoms with E-state index in [-0.39, 0.29) is 5.75 Å². The minimum atomic E-state index is -0.453. The van der Waals surface area contributed by atoms with E-state index in [9.17, 15) is 9.90 Å². The van der Waals surface area contributed by atoms with Crippen molar-refractivity contribution >= 4 is 5.97 Å². The van der Waals surface area contributed by atoms with Crippen LogP contribution in [0, 0.1) is 0 Å². The summed E-state index contributed by atoms with van der Waals surface area (Å²) < 4.78 is 21.2. The van der Waals surface area contributed by atoms with E-state index in [0.29, 0.717) is 29.2 Å². The van der Waals surface area contributed by atoms with Gasteiger partial charge in [0.2, 0.25) is 0 Å². The molecule has 1 unspecified atom stereocenters. The number of hydrogen-bond donors (Lipinski definition) is 1. The first-order chi connectivity index (χ1) is 11.6. The van der Waals surface area contributed by atoms with Gasteiger partial charge in [0.05, 0.1) is 21.3 Å². The highest BCUT2D eigenvalue weighted by molar-refractivity contribution is 5.97. The van der Waals surface area contributed by atoms with Gasteiger partial charge in [0.25, 0.3) is 0 Å². The predicted octanol–water partition coefficient (Wildman–Crippen LogP) is 2.87. The topological polar surface area (TPSA) is 74.2 Å². The smallest absolute Gasteiger partial charge is 0.342 e. The largest absolute Gasteiger partial charge is 0.504 e. The number of phenols is 1. The van der Waals surface area contributed by atoms with Crippen molar-refractivity contribution in [3.05, 3.63) is 47.0 Å². The fourth-order valence-electron chi connectivity index (χ4n) is 2.83. The number of phenolic OH excluding ortho intramolecular Hbond substituents is 1. The van der Waals surface area contributed by atoms with Crippen LogP contribution in [-0.4, -0.2) is 32.4 Å². The Bertz CT molecular complexity index is 783. The predicted molar refractivity (Wildman–Crippen MR) is 86.1 cm³/mol. The molecule has 6 nitrogen and oxygen atoms in total. The maximum Gasteiger partial charge on any atom is 0.342 e. The van der Waals surface area contributed by atoms with Crippen LogP contribution < -0.4 is 14.2 Å². The molecule has 3 rings (SSSR count). The monoisotopic (exact) mass is 330 g/mol. The van der Waals surface area contributed by atoms with E-state index in [0.717, 1.165) is 11.1 Å². The van der Waals surface area contributed by atoms with Crippen LogP contribution >= 0.6 is 0 Å². The fraction of sp³-hybridized carbons (Fsp3) is 0.278. The molecule has 0 saturated carbocycles. The zero-order chi connectivity index (χ0) is 17.3. The molecule has 6 heteroatoms. The van der Waals surface area contributed by atoms with E-state index in [1.54, 1.807) is 37.4 Å². The second kappa shape index (κ2) is 6.31. The molecule has 24 heavy (non-hydrogen) atoms. The number of cyclic esters (lactones) is 1. The Morgan fingerprint density at radius 1 is 1.04 bits per heavy atom. The molecule has 0 aliphatic carbocycles. The highest BCUT2D eigenvalue weighted by atomic mass is 16.6. The Morgan fingerprint density at radius 2 is 1.79 bits per heavy atom. The van der Waals surface area contributed by atoms with E-state index in [1.807, 2.05) is 0 Å². The van der Waals surface area contributed by atoms with Crippen molar-refractivity contribution in [1.82, 2.24) is 0 Å². The molecule has 0 fully saturated rings. The van der Waals surface area contributed by atoms with E-state index < -0.39 is 12.1 Å².